The molecular weight excluding hydrogens is 315 g/mol. The smallest absolute Gasteiger partial charge is 0.240 e. The van der Waals surface area contributed by atoms with Crippen molar-refractivity contribution in [2.75, 3.05) is 13.7 Å². The number of nitrogens with two attached hydrogens (primary N) is 1. The van der Waals surface area contributed by atoms with Crippen LogP contribution in [0.4, 0.5) is 0 Å². The van der Waals surface area contributed by atoms with Gasteiger partial charge in [0.15, 0.2) is 11.5 Å². The van der Waals surface area contributed by atoms with E-state index in [1.807, 2.05) is 6.92 Å². The largest absolute Gasteiger partial charge is 0.493 e. The van der Waals surface area contributed by atoms with Gasteiger partial charge in [0, 0.05) is 6.54 Å². The summed E-state index contributed by atoms with van der Waals surface area (Å²) in [5.41, 5.74) is 5.99. The molecule has 0 spiro atoms. The van der Waals surface area contributed by atoms with Crippen LogP contribution in [0.2, 0.25) is 5.02 Å². The highest BCUT2D eigenvalue weighted by molar-refractivity contribution is 6.32. The Morgan fingerprint density at radius 3 is 2.67 bits per heavy atom. The van der Waals surface area contributed by atoms with Crippen molar-refractivity contribution in [2.24, 2.45) is 5.73 Å². The third-order valence-electron chi connectivity index (χ3n) is 3.27. The van der Waals surface area contributed by atoms with Gasteiger partial charge in [0.25, 0.3) is 0 Å². The van der Waals surface area contributed by atoms with E-state index in [1.54, 1.807) is 19.2 Å². The quantitative estimate of drug-likeness (QED) is 0.836. The normalized spacial score (nSPS) is 14.9. The van der Waals surface area contributed by atoms with E-state index in [2.05, 4.69) is 5.32 Å². The maximum Gasteiger partial charge on any atom is 0.240 e. The zero-order valence-electron chi connectivity index (χ0n) is 12.1. The molecule has 0 saturated heterocycles. The van der Waals surface area contributed by atoms with Gasteiger partial charge < -0.3 is 20.5 Å². The molecule has 1 aliphatic rings. The zero-order valence-corrected chi connectivity index (χ0v) is 13.6. The lowest BCUT2D eigenvalue weighted by atomic mass is 10.2. The van der Waals surface area contributed by atoms with Crippen molar-refractivity contribution in [3.8, 4) is 11.5 Å². The van der Waals surface area contributed by atoms with Crippen LogP contribution < -0.4 is 20.5 Å². The first-order valence-electron chi connectivity index (χ1n) is 6.56. The fourth-order valence-corrected chi connectivity index (χ4v) is 2.17. The minimum Gasteiger partial charge on any atom is -0.493 e. The van der Waals surface area contributed by atoms with Crippen molar-refractivity contribution in [1.82, 2.24) is 5.32 Å². The number of carbonyl (C=O) groups excluding carboxylic acids is 1. The minimum atomic E-state index is -0.668. The summed E-state index contributed by atoms with van der Waals surface area (Å²) in [5, 5.41) is 3.27. The number of halogens is 2. The molecule has 1 aromatic rings. The maximum absolute atomic E-state index is 11.8. The van der Waals surface area contributed by atoms with Crippen LogP contribution >= 0.6 is 24.0 Å². The highest BCUT2D eigenvalue weighted by atomic mass is 35.5. The molecule has 1 aromatic carbocycles. The van der Waals surface area contributed by atoms with Crippen molar-refractivity contribution in [3.63, 3.8) is 0 Å². The lowest BCUT2D eigenvalue weighted by Gasteiger charge is -2.14. The number of rotatable bonds is 6. The van der Waals surface area contributed by atoms with Crippen LogP contribution in [-0.2, 0) is 11.3 Å². The Balaban J connectivity index is 0.00000220. The number of carbonyl (C=O) groups is 1. The van der Waals surface area contributed by atoms with Crippen LogP contribution in [0.15, 0.2) is 12.1 Å². The number of amides is 1. The number of hydrogen-bond acceptors (Lipinski definition) is 4. The van der Waals surface area contributed by atoms with Crippen LogP contribution in [-0.4, -0.2) is 25.2 Å². The van der Waals surface area contributed by atoms with Crippen molar-refractivity contribution >= 4 is 29.9 Å². The molecule has 0 radical (unpaired) electrons. The molecule has 0 aromatic heterocycles. The highest BCUT2D eigenvalue weighted by Gasteiger charge is 2.45. The molecule has 0 heterocycles. The van der Waals surface area contributed by atoms with E-state index < -0.39 is 5.54 Å². The summed E-state index contributed by atoms with van der Waals surface area (Å²) >= 11 is 6.17. The van der Waals surface area contributed by atoms with E-state index in [0.717, 1.165) is 18.4 Å². The van der Waals surface area contributed by atoms with Crippen molar-refractivity contribution < 1.29 is 14.3 Å². The van der Waals surface area contributed by atoms with Crippen molar-refractivity contribution in [2.45, 2.75) is 31.8 Å². The number of benzene rings is 1. The number of hydrogen-bond donors (Lipinski definition) is 2. The lowest BCUT2D eigenvalue weighted by Crippen LogP contribution is -2.42. The van der Waals surface area contributed by atoms with Gasteiger partial charge in [0.1, 0.15) is 0 Å². The molecule has 0 atom stereocenters. The van der Waals surface area contributed by atoms with Crippen LogP contribution in [0.25, 0.3) is 0 Å². The van der Waals surface area contributed by atoms with Crippen LogP contribution in [0, 0.1) is 0 Å². The SMILES string of the molecule is CCOc1c(Cl)cc(CNC(=O)C2(N)CC2)cc1OC.Cl. The Bertz CT molecular complexity index is 519. The summed E-state index contributed by atoms with van der Waals surface area (Å²) in [6.07, 6.45) is 1.48. The Morgan fingerprint density at radius 1 is 1.48 bits per heavy atom. The van der Waals surface area contributed by atoms with Gasteiger partial charge >= 0.3 is 0 Å². The Kier molecular flexibility index (Phi) is 6.13. The van der Waals surface area contributed by atoms with Gasteiger partial charge in [0.05, 0.1) is 24.3 Å². The topological polar surface area (TPSA) is 73.6 Å². The van der Waals surface area contributed by atoms with E-state index >= 15 is 0 Å². The summed E-state index contributed by atoms with van der Waals surface area (Å²) < 4.78 is 10.7. The fraction of sp³-hybridized carbons (Fsp3) is 0.500. The average molecular weight is 335 g/mol. The first-order valence-corrected chi connectivity index (χ1v) is 6.94. The van der Waals surface area contributed by atoms with E-state index in [4.69, 9.17) is 26.8 Å². The van der Waals surface area contributed by atoms with Crippen molar-refractivity contribution in [1.29, 1.82) is 0 Å². The van der Waals surface area contributed by atoms with Gasteiger partial charge in [-0.25, -0.2) is 0 Å². The summed E-state index contributed by atoms with van der Waals surface area (Å²) in [6, 6.07) is 3.55. The second kappa shape index (κ2) is 7.20. The van der Waals surface area contributed by atoms with Gasteiger partial charge in [-0.15, -0.1) is 12.4 Å². The maximum atomic E-state index is 11.8. The van der Waals surface area contributed by atoms with Crippen LogP contribution in [0.5, 0.6) is 11.5 Å². The second-order valence-corrected chi connectivity index (χ2v) is 5.29. The summed E-state index contributed by atoms with van der Waals surface area (Å²) in [5.74, 6) is 0.947. The predicted molar refractivity (Wildman–Crippen MR) is 84.4 cm³/mol. The van der Waals surface area contributed by atoms with E-state index in [1.165, 1.54) is 0 Å². The van der Waals surface area contributed by atoms with E-state index in [-0.39, 0.29) is 18.3 Å². The molecule has 21 heavy (non-hydrogen) atoms. The Morgan fingerprint density at radius 2 is 2.14 bits per heavy atom. The van der Waals surface area contributed by atoms with Gasteiger partial charge in [-0.3, -0.25) is 4.79 Å². The molecule has 1 saturated carbocycles. The molecule has 1 amide bonds. The summed E-state index contributed by atoms with van der Waals surface area (Å²) in [6.45, 7) is 2.74. The van der Waals surface area contributed by atoms with Gasteiger partial charge in [0.2, 0.25) is 5.91 Å². The van der Waals surface area contributed by atoms with E-state index in [9.17, 15) is 4.79 Å². The molecular formula is C14H20Cl2N2O3. The van der Waals surface area contributed by atoms with Crippen LogP contribution in [0.1, 0.15) is 25.3 Å². The van der Waals surface area contributed by atoms with Gasteiger partial charge in [-0.1, -0.05) is 11.6 Å². The Labute approximate surface area is 135 Å². The predicted octanol–water partition coefficient (Wildman–Crippen LogP) is 2.28. The minimum absolute atomic E-state index is 0. The lowest BCUT2D eigenvalue weighted by molar-refractivity contribution is -0.123. The monoisotopic (exact) mass is 334 g/mol. The Hall–Kier alpha value is -1.17. The molecule has 3 N–H and O–H groups in total. The summed E-state index contributed by atoms with van der Waals surface area (Å²) in [4.78, 5) is 11.8. The number of nitrogens with one attached hydrogen (secondary N) is 1. The van der Waals surface area contributed by atoms with E-state index in [0.29, 0.717) is 29.7 Å². The molecule has 1 aliphatic carbocycles. The zero-order chi connectivity index (χ0) is 14.8. The molecule has 0 aliphatic heterocycles. The average Bonchev–Trinajstić information content (AvgIpc) is 3.18. The fourth-order valence-electron chi connectivity index (χ4n) is 1.88. The van der Waals surface area contributed by atoms with Crippen LogP contribution in [0.3, 0.4) is 0 Å². The number of methoxy groups -OCH3 is 1. The second-order valence-electron chi connectivity index (χ2n) is 4.88. The molecule has 118 valence electrons. The van der Waals surface area contributed by atoms with Gasteiger partial charge in [-0.05, 0) is 37.5 Å². The molecule has 5 nitrogen and oxygen atoms in total. The summed E-state index contributed by atoms with van der Waals surface area (Å²) in [7, 11) is 1.55. The molecule has 2 rings (SSSR count). The molecule has 0 bridgehead atoms. The number of ether oxygens (including phenoxy) is 2. The standard InChI is InChI=1S/C14H19ClN2O3.ClH/c1-3-20-12-10(15)6-9(7-11(12)19-2)8-17-13(18)14(16)4-5-14;/h6-7H,3-5,8,16H2,1-2H3,(H,17,18);1H. The first-order chi connectivity index (χ1) is 9.50. The first kappa shape index (κ1) is 17.9. The van der Waals surface area contributed by atoms with Crippen molar-refractivity contribution in [3.05, 3.63) is 22.7 Å². The highest BCUT2D eigenvalue weighted by Crippen LogP contribution is 2.36. The molecule has 0 unspecified atom stereocenters. The molecule has 7 heteroatoms. The third kappa shape index (κ3) is 4.15. The molecule has 1 fully saturated rings. The van der Waals surface area contributed by atoms with Gasteiger partial charge in [-0.2, -0.15) is 0 Å². The third-order valence-corrected chi connectivity index (χ3v) is 3.55.